The minimum atomic E-state index is -0.338. The third-order valence-corrected chi connectivity index (χ3v) is 4.25. The number of nitrogens with zero attached hydrogens (tertiary/aromatic N) is 2. The minimum absolute atomic E-state index is 0.278. The van der Waals surface area contributed by atoms with Crippen molar-refractivity contribution in [2.24, 2.45) is 0 Å². The third kappa shape index (κ3) is 4.14. The van der Waals surface area contributed by atoms with Gasteiger partial charge in [0.1, 0.15) is 5.75 Å². The van der Waals surface area contributed by atoms with Gasteiger partial charge in [0.25, 0.3) is 11.8 Å². The van der Waals surface area contributed by atoms with Gasteiger partial charge >= 0.3 is 0 Å². The molecule has 0 aliphatic rings. The fraction of sp³-hybridized carbons (Fsp3) is 0.0952. The molecule has 0 aliphatic heterocycles. The maximum atomic E-state index is 12.8. The summed E-state index contributed by atoms with van der Waals surface area (Å²) >= 11 is 6.04. The summed E-state index contributed by atoms with van der Waals surface area (Å²) in [7, 11) is 0. The molecule has 146 valence electrons. The first-order chi connectivity index (χ1) is 14.1. The van der Waals surface area contributed by atoms with Crippen LogP contribution in [0.1, 0.15) is 17.3 Å². The second-order valence-electron chi connectivity index (χ2n) is 6.00. The first-order valence-corrected chi connectivity index (χ1v) is 9.23. The molecule has 4 rings (SSSR count). The number of aromatic nitrogens is 2. The van der Waals surface area contributed by atoms with Gasteiger partial charge in [0, 0.05) is 16.3 Å². The molecule has 0 bridgehead atoms. The van der Waals surface area contributed by atoms with E-state index in [1.165, 1.54) is 6.26 Å². The van der Waals surface area contributed by atoms with Crippen molar-refractivity contribution in [2.45, 2.75) is 6.92 Å². The highest BCUT2D eigenvalue weighted by Gasteiger charge is 2.16. The number of ether oxygens (including phenoxy) is 1. The monoisotopic (exact) mass is 409 g/mol. The summed E-state index contributed by atoms with van der Waals surface area (Å²) in [6, 6.07) is 15.5. The summed E-state index contributed by atoms with van der Waals surface area (Å²) in [5.41, 5.74) is 1.57. The number of hydrogen-bond acceptors (Lipinski definition) is 6. The third-order valence-electron chi connectivity index (χ3n) is 4.01. The Kier molecular flexibility index (Phi) is 5.31. The lowest BCUT2D eigenvalue weighted by Gasteiger charge is -2.11. The predicted molar refractivity (Wildman–Crippen MR) is 108 cm³/mol. The van der Waals surface area contributed by atoms with Crippen LogP contribution in [0, 0.1) is 0 Å². The van der Waals surface area contributed by atoms with Crippen molar-refractivity contribution < 1.29 is 18.4 Å². The molecule has 0 spiro atoms. The first kappa shape index (κ1) is 18.8. The molecule has 29 heavy (non-hydrogen) atoms. The van der Waals surface area contributed by atoms with Crippen LogP contribution in [0.25, 0.3) is 23.1 Å². The van der Waals surface area contributed by atoms with Gasteiger partial charge in [-0.25, -0.2) is 0 Å². The summed E-state index contributed by atoms with van der Waals surface area (Å²) in [6.07, 6.45) is 1.53. The van der Waals surface area contributed by atoms with Crippen molar-refractivity contribution in [3.63, 3.8) is 0 Å². The number of amides is 1. The molecule has 0 unspecified atom stereocenters. The molecule has 2 heterocycles. The molecule has 1 N–H and O–H groups in total. The van der Waals surface area contributed by atoms with Crippen LogP contribution in [0.15, 0.2) is 69.7 Å². The van der Waals surface area contributed by atoms with Crippen LogP contribution in [-0.2, 0) is 0 Å². The fourth-order valence-electron chi connectivity index (χ4n) is 2.73. The molecular weight excluding hydrogens is 394 g/mol. The molecule has 0 saturated carbocycles. The van der Waals surface area contributed by atoms with Crippen LogP contribution < -0.4 is 10.1 Å². The molecule has 8 heteroatoms. The van der Waals surface area contributed by atoms with Gasteiger partial charge in [-0.3, -0.25) is 4.79 Å². The maximum absolute atomic E-state index is 12.8. The molecule has 0 aliphatic carbocycles. The minimum Gasteiger partial charge on any atom is -0.493 e. The van der Waals surface area contributed by atoms with Gasteiger partial charge in [-0.15, -0.1) is 10.2 Å². The van der Waals surface area contributed by atoms with Crippen molar-refractivity contribution in [3.8, 4) is 28.9 Å². The Labute approximate surface area is 171 Å². The summed E-state index contributed by atoms with van der Waals surface area (Å²) < 4.78 is 16.4. The van der Waals surface area contributed by atoms with Crippen molar-refractivity contribution in [2.75, 3.05) is 11.9 Å². The number of furan rings is 1. The van der Waals surface area contributed by atoms with E-state index in [9.17, 15) is 4.79 Å². The lowest BCUT2D eigenvalue weighted by Crippen LogP contribution is -2.13. The number of carbonyl (C=O) groups is 1. The molecular formula is C21H16ClN3O4. The van der Waals surface area contributed by atoms with E-state index >= 15 is 0 Å². The van der Waals surface area contributed by atoms with Crippen molar-refractivity contribution in [1.29, 1.82) is 0 Å². The molecule has 0 radical (unpaired) electrons. The lowest BCUT2D eigenvalue weighted by molar-refractivity contribution is 0.102. The van der Waals surface area contributed by atoms with Crippen LogP contribution in [0.4, 0.5) is 5.69 Å². The summed E-state index contributed by atoms with van der Waals surface area (Å²) in [4.78, 5) is 12.8. The smallest absolute Gasteiger partial charge is 0.283 e. The van der Waals surface area contributed by atoms with Gasteiger partial charge in [-0.1, -0.05) is 17.7 Å². The van der Waals surface area contributed by atoms with Gasteiger partial charge < -0.3 is 18.9 Å². The van der Waals surface area contributed by atoms with E-state index in [0.29, 0.717) is 45.8 Å². The highest BCUT2D eigenvalue weighted by Crippen LogP contribution is 2.27. The van der Waals surface area contributed by atoms with Crippen LogP contribution in [0.5, 0.6) is 5.75 Å². The van der Waals surface area contributed by atoms with Crippen molar-refractivity contribution in [1.82, 2.24) is 10.2 Å². The van der Waals surface area contributed by atoms with E-state index in [4.69, 9.17) is 25.2 Å². The Morgan fingerprint density at radius 1 is 1.10 bits per heavy atom. The number of benzene rings is 2. The Morgan fingerprint density at radius 2 is 1.97 bits per heavy atom. The average molecular weight is 410 g/mol. The van der Waals surface area contributed by atoms with Crippen LogP contribution >= 0.6 is 11.6 Å². The molecule has 1 amide bonds. The topological polar surface area (TPSA) is 90.4 Å². The van der Waals surface area contributed by atoms with Gasteiger partial charge in [0.2, 0.25) is 5.89 Å². The zero-order chi connectivity index (χ0) is 20.2. The van der Waals surface area contributed by atoms with E-state index in [1.54, 1.807) is 54.6 Å². The maximum Gasteiger partial charge on any atom is 0.283 e. The van der Waals surface area contributed by atoms with Gasteiger partial charge in [-0.05, 0) is 55.5 Å². The lowest BCUT2D eigenvalue weighted by atomic mass is 10.1. The number of halogens is 1. The summed E-state index contributed by atoms with van der Waals surface area (Å²) in [6.45, 7) is 2.29. The van der Waals surface area contributed by atoms with E-state index < -0.39 is 0 Å². The van der Waals surface area contributed by atoms with E-state index in [0.717, 1.165) is 0 Å². The SMILES string of the molecule is CCOc1ccc(Cl)cc1C(=O)Nc1cccc(-c2nnc(-c3ccco3)o2)c1. The Hall–Kier alpha value is -3.58. The second kappa shape index (κ2) is 8.20. The molecule has 2 aromatic carbocycles. The largest absolute Gasteiger partial charge is 0.493 e. The van der Waals surface area contributed by atoms with Gasteiger partial charge in [0.05, 0.1) is 18.4 Å². The standard InChI is InChI=1S/C21H16ClN3O4/c1-2-27-17-9-8-14(22)12-16(17)19(26)23-15-6-3-5-13(11-15)20-24-25-21(29-20)18-7-4-10-28-18/h3-12H,2H2,1H3,(H,23,26). The normalized spacial score (nSPS) is 10.7. The van der Waals surface area contributed by atoms with E-state index in [2.05, 4.69) is 15.5 Å². The van der Waals surface area contributed by atoms with E-state index in [-0.39, 0.29) is 11.8 Å². The van der Waals surface area contributed by atoms with Gasteiger partial charge in [0.15, 0.2) is 5.76 Å². The molecule has 0 atom stereocenters. The van der Waals surface area contributed by atoms with Gasteiger partial charge in [-0.2, -0.15) is 0 Å². The molecule has 4 aromatic rings. The number of hydrogen-bond donors (Lipinski definition) is 1. The average Bonchev–Trinajstić information content (AvgIpc) is 3.41. The molecule has 7 nitrogen and oxygen atoms in total. The van der Waals surface area contributed by atoms with Crippen LogP contribution in [-0.4, -0.2) is 22.7 Å². The molecule has 0 saturated heterocycles. The zero-order valence-electron chi connectivity index (χ0n) is 15.4. The highest BCUT2D eigenvalue weighted by atomic mass is 35.5. The quantitative estimate of drug-likeness (QED) is 0.464. The van der Waals surface area contributed by atoms with Crippen LogP contribution in [0.2, 0.25) is 5.02 Å². The first-order valence-electron chi connectivity index (χ1n) is 8.85. The summed E-state index contributed by atoms with van der Waals surface area (Å²) in [5, 5.41) is 11.3. The fourth-order valence-corrected chi connectivity index (χ4v) is 2.90. The Bertz CT molecular complexity index is 1140. The van der Waals surface area contributed by atoms with E-state index in [1.807, 2.05) is 6.92 Å². The number of anilines is 1. The van der Waals surface area contributed by atoms with Crippen molar-refractivity contribution >= 4 is 23.2 Å². The molecule has 0 fully saturated rings. The Balaban J connectivity index is 1.57. The number of carbonyl (C=O) groups excluding carboxylic acids is 1. The number of nitrogens with one attached hydrogen (secondary N) is 1. The van der Waals surface area contributed by atoms with Crippen LogP contribution in [0.3, 0.4) is 0 Å². The predicted octanol–water partition coefficient (Wildman–Crippen LogP) is 5.30. The highest BCUT2D eigenvalue weighted by molar-refractivity contribution is 6.31. The molecule has 2 aromatic heterocycles. The number of rotatable bonds is 6. The Morgan fingerprint density at radius 3 is 2.76 bits per heavy atom. The summed E-state index contributed by atoms with van der Waals surface area (Å²) in [5.74, 6) is 1.20. The second-order valence-corrected chi connectivity index (χ2v) is 6.43. The van der Waals surface area contributed by atoms with Crippen molar-refractivity contribution in [3.05, 3.63) is 71.4 Å². The zero-order valence-corrected chi connectivity index (χ0v) is 16.1.